The lowest BCUT2D eigenvalue weighted by atomic mass is 10.3. The van der Waals surface area contributed by atoms with Crippen LogP contribution in [0.4, 0.5) is 10.6 Å². The molecule has 3 aromatic rings. The largest absolute Gasteiger partial charge is 0.328 e. The molecule has 3 heterocycles. The molecule has 1 atom stereocenters. The first-order chi connectivity index (χ1) is 12.0. The minimum Gasteiger partial charge on any atom is -0.328 e. The number of amides is 2. The Bertz CT molecular complexity index is 886. The number of nitrogens with one attached hydrogen (secondary N) is 2. The van der Waals surface area contributed by atoms with Crippen molar-refractivity contribution < 1.29 is 4.79 Å². The predicted octanol–water partition coefficient (Wildman–Crippen LogP) is 2.64. The molecule has 25 heavy (non-hydrogen) atoms. The quantitative estimate of drug-likeness (QED) is 0.721. The maximum atomic E-state index is 12.2. The summed E-state index contributed by atoms with van der Waals surface area (Å²) in [5.74, 6) is 1.02. The molecule has 128 valence electrons. The topological polar surface area (TPSA) is 111 Å². The molecule has 0 spiro atoms. The van der Waals surface area contributed by atoms with Crippen molar-refractivity contribution in [1.82, 2.24) is 35.0 Å². The van der Waals surface area contributed by atoms with Crippen molar-refractivity contribution in [3.05, 3.63) is 52.9 Å². The van der Waals surface area contributed by atoms with Crippen molar-refractivity contribution in [3.8, 4) is 5.95 Å². The molecule has 0 saturated heterocycles. The van der Waals surface area contributed by atoms with Gasteiger partial charge in [-0.25, -0.2) is 24.7 Å². The summed E-state index contributed by atoms with van der Waals surface area (Å²) < 4.78 is 1.44. The molecule has 2 amide bonds. The van der Waals surface area contributed by atoms with Crippen LogP contribution in [0.25, 0.3) is 5.95 Å². The number of nitrogens with zero attached hydrogens (tertiary/aromatic N) is 6. The van der Waals surface area contributed by atoms with Gasteiger partial charge in [0.1, 0.15) is 6.33 Å². The molecule has 0 aromatic carbocycles. The Morgan fingerprint density at radius 2 is 1.96 bits per heavy atom. The van der Waals surface area contributed by atoms with E-state index in [0.29, 0.717) is 16.8 Å². The third-order valence-corrected chi connectivity index (χ3v) is 3.59. The first-order valence-electron chi connectivity index (χ1n) is 7.10. The first kappa shape index (κ1) is 17.1. The summed E-state index contributed by atoms with van der Waals surface area (Å²) in [6.45, 7) is 1.75. The molecule has 0 saturated carbocycles. The van der Waals surface area contributed by atoms with E-state index in [9.17, 15) is 4.79 Å². The second kappa shape index (κ2) is 7.41. The fourth-order valence-corrected chi connectivity index (χ4v) is 2.44. The number of hydrogen-bond acceptors (Lipinski definition) is 6. The Hall–Kier alpha value is -2.78. The number of urea groups is 1. The Balaban J connectivity index is 1.71. The van der Waals surface area contributed by atoms with Crippen molar-refractivity contribution in [1.29, 1.82) is 0 Å². The zero-order chi connectivity index (χ0) is 17.8. The predicted molar refractivity (Wildman–Crippen MR) is 91.8 cm³/mol. The van der Waals surface area contributed by atoms with Crippen LogP contribution in [0, 0.1) is 0 Å². The SMILES string of the molecule is CC(NC(=O)Nc1ncc(Cl)cc1Cl)c1ncnn1-c1ncccn1. The highest BCUT2D eigenvalue weighted by atomic mass is 35.5. The van der Waals surface area contributed by atoms with E-state index in [4.69, 9.17) is 23.2 Å². The van der Waals surface area contributed by atoms with Crippen molar-refractivity contribution in [3.63, 3.8) is 0 Å². The van der Waals surface area contributed by atoms with Crippen LogP contribution in [0.2, 0.25) is 10.0 Å². The van der Waals surface area contributed by atoms with Crippen LogP contribution in [0.15, 0.2) is 37.1 Å². The molecule has 2 N–H and O–H groups in total. The Labute approximate surface area is 152 Å². The van der Waals surface area contributed by atoms with Gasteiger partial charge in [-0.3, -0.25) is 5.32 Å². The molecule has 0 bridgehead atoms. The van der Waals surface area contributed by atoms with Gasteiger partial charge in [0.15, 0.2) is 11.6 Å². The number of hydrogen-bond donors (Lipinski definition) is 2. The van der Waals surface area contributed by atoms with E-state index in [-0.39, 0.29) is 10.8 Å². The fourth-order valence-electron chi connectivity index (χ4n) is 2.01. The lowest BCUT2D eigenvalue weighted by Crippen LogP contribution is -2.33. The Morgan fingerprint density at radius 3 is 2.68 bits per heavy atom. The van der Waals surface area contributed by atoms with E-state index in [1.54, 1.807) is 25.4 Å². The second-order valence-corrected chi connectivity index (χ2v) is 5.73. The maximum absolute atomic E-state index is 12.2. The van der Waals surface area contributed by atoms with Crippen LogP contribution in [0.1, 0.15) is 18.8 Å². The van der Waals surface area contributed by atoms with Crippen LogP contribution in [0.5, 0.6) is 0 Å². The molecule has 9 nitrogen and oxygen atoms in total. The lowest BCUT2D eigenvalue weighted by molar-refractivity contribution is 0.248. The van der Waals surface area contributed by atoms with Crippen LogP contribution >= 0.6 is 23.2 Å². The standard InChI is InChI=1S/C14H12Cl2N8O/c1-8(12-20-7-21-24(12)13-17-3-2-4-18-13)22-14(25)23-11-10(16)5-9(15)6-19-11/h2-8H,1H3,(H2,19,22,23,25). The molecule has 3 aromatic heterocycles. The lowest BCUT2D eigenvalue weighted by Gasteiger charge is -2.14. The minimum atomic E-state index is -0.507. The molecule has 0 radical (unpaired) electrons. The number of anilines is 1. The summed E-state index contributed by atoms with van der Waals surface area (Å²) in [5.41, 5.74) is 0. The average Bonchev–Trinajstić information content (AvgIpc) is 3.08. The van der Waals surface area contributed by atoms with Gasteiger partial charge in [0.2, 0.25) is 0 Å². The van der Waals surface area contributed by atoms with Crippen LogP contribution in [0.3, 0.4) is 0 Å². The first-order valence-corrected chi connectivity index (χ1v) is 7.86. The second-order valence-electron chi connectivity index (χ2n) is 4.88. The van der Waals surface area contributed by atoms with E-state index in [2.05, 4.69) is 35.7 Å². The van der Waals surface area contributed by atoms with Crippen molar-refractivity contribution in [2.24, 2.45) is 0 Å². The van der Waals surface area contributed by atoms with Gasteiger partial charge < -0.3 is 5.32 Å². The summed E-state index contributed by atoms with van der Waals surface area (Å²) in [6.07, 6.45) is 5.93. The zero-order valence-electron chi connectivity index (χ0n) is 12.9. The number of pyridine rings is 1. The third-order valence-electron chi connectivity index (χ3n) is 3.09. The van der Waals surface area contributed by atoms with E-state index in [1.807, 2.05) is 0 Å². The van der Waals surface area contributed by atoms with Gasteiger partial charge in [0.25, 0.3) is 5.95 Å². The minimum absolute atomic E-state index is 0.198. The highest BCUT2D eigenvalue weighted by molar-refractivity contribution is 6.36. The number of halogens is 2. The van der Waals surface area contributed by atoms with Gasteiger partial charge in [0.05, 0.1) is 16.1 Å². The molecule has 1 unspecified atom stereocenters. The smallest absolute Gasteiger partial charge is 0.321 e. The van der Waals surface area contributed by atoms with E-state index in [0.717, 1.165) is 0 Å². The van der Waals surface area contributed by atoms with Crippen LogP contribution in [-0.2, 0) is 0 Å². The normalized spacial score (nSPS) is 11.8. The van der Waals surface area contributed by atoms with Gasteiger partial charge in [-0.1, -0.05) is 23.2 Å². The average molecular weight is 379 g/mol. The van der Waals surface area contributed by atoms with Gasteiger partial charge in [-0.2, -0.15) is 9.78 Å². The van der Waals surface area contributed by atoms with E-state index in [1.165, 1.54) is 23.3 Å². The monoisotopic (exact) mass is 378 g/mol. The summed E-state index contributed by atoms with van der Waals surface area (Å²) in [7, 11) is 0. The van der Waals surface area contributed by atoms with E-state index >= 15 is 0 Å². The number of aromatic nitrogens is 6. The molecule has 3 rings (SSSR count). The summed E-state index contributed by atoms with van der Waals surface area (Å²) in [6, 6.07) is 2.20. The van der Waals surface area contributed by atoms with Gasteiger partial charge in [-0.15, -0.1) is 0 Å². The van der Waals surface area contributed by atoms with Gasteiger partial charge in [-0.05, 0) is 19.1 Å². The molecule has 11 heteroatoms. The Morgan fingerprint density at radius 1 is 1.20 bits per heavy atom. The summed E-state index contributed by atoms with van der Waals surface area (Å²) >= 11 is 11.8. The molecule has 0 aliphatic heterocycles. The Kier molecular flexibility index (Phi) is 5.05. The van der Waals surface area contributed by atoms with E-state index < -0.39 is 12.1 Å². The maximum Gasteiger partial charge on any atom is 0.321 e. The molecule has 0 fully saturated rings. The van der Waals surface area contributed by atoms with Crippen molar-refractivity contribution >= 4 is 35.1 Å². The van der Waals surface area contributed by atoms with Gasteiger partial charge in [0, 0.05) is 18.6 Å². The van der Waals surface area contributed by atoms with Crippen molar-refractivity contribution in [2.45, 2.75) is 13.0 Å². The summed E-state index contributed by atoms with van der Waals surface area (Å²) in [5, 5.41) is 9.96. The number of rotatable bonds is 4. The third kappa shape index (κ3) is 4.01. The van der Waals surface area contributed by atoms with Crippen molar-refractivity contribution in [2.75, 3.05) is 5.32 Å². The van der Waals surface area contributed by atoms with Crippen LogP contribution < -0.4 is 10.6 Å². The molecular formula is C14H12Cl2N8O. The fraction of sp³-hybridized carbons (Fsp3) is 0.143. The number of carbonyl (C=O) groups excluding carboxylic acids is 1. The highest BCUT2D eigenvalue weighted by Gasteiger charge is 2.18. The zero-order valence-corrected chi connectivity index (χ0v) is 14.4. The van der Waals surface area contributed by atoms with Crippen LogP contribution in [-0.4, -0.2) is 35.7 Å². The molecule has 0 aliphatic rings. The number of carbonyl (C=O) groups is 1. The van der Waals surface area contributed by atoms with Gasteiger partial charge >= 0.3 is 6.03 Å². The summed E-state index contributed by atoms with van der Waals surface area (Å²) in [4.78, 5) is 28.5. The highest BCUT2D eigenvalue weighted by Crippen LogP contribution is 2.22. The molecule has 0 aliphatic carbocycles. The molecular weight excluding hydrogens is 367 g/mol.